The maximum absolute atomic E-state index is 13.4. The first kappa shape index (κ1) is 27.4. The fraction of sp³-hybridized carbons (Fsp3) is 0.269. The lowest BCUT2D eigenvalue weighted by atomic mass is 10.1. The zero-order valence-electron chi connectivity index (χ0n) is 21.0. The number of benzene rings is 1. The van der Waals surface area contributed by atoms with Gasteiger partial charge in [0, 0.05) is 41.6 Å². The van der Waals surface area contributed by atoms with Gasteiger partial charge in [0.05, 0.1) is 12.2 Å². The Kier molecular flexibility index (Phi) is 8.22. The van der Waals surface area contributed by atoms with E-state index in [1.807, 2.05) is 42.3 Å². The molecule has 0 radical (unpaired) electrons. The largest absolute Gasteiger partial charge is 0.333 e. The van der Waals surface area contributed by atoms with Gasteiger partial charge in [0.25, 0.3) is 10.0 Å². The molecule has 0 saturated heterocycles. The first-order valence-corrected chi connectivity index (χ1v) is 14.1. The van der Waals surface area contributed by atoms with Gasteiger partial charge >= 0.3 is 6.03 Å². The van der Waals surface area contributed by atoms with Crippen LogP contribution in [-0.4, -0.2) is 29.0 Å². The number of pyridine rings is 1. The van der Waals surface area contributed by atoms with Crippen molar-refractivity contribution >= 4 is 27.4 Å². The zero-order chi connectivity index (χ0) is 27.4. The van der Waals surface area contributed by atoms with E-state index in [1.54, 1.807) is 24.5 Å². The summed E-state index contributed by atoms with van der Waals surface area (Å²) in [6.45, 7) is 6.27. The van der Waals surface area contributed by atoms with E-state index < -0.39 is 27.7 Å². The number of sulfonamides is 1. The molecule has 1 aromatic carbocycles. The summed E-state index contributed by atoms with van der Waals surface area (Å²) in [5.74, 6) is -0.442. The summed E-state index contributed by atoms with van der Waals surface area (Å²) in [4.78, 5) is 22.0. The second-order valence-electron chi connectivity index (χ2n) is 9.23. The molecular formula is C26H27F2N5O3S2. The fourth-order valence-corrected chi connectivity index (χ4v) is 6.70. The van der Waals surface area contributed by atoms with Crippen molar-refractivity contribution < 1.29 is 22.0 Å². The molecule has 0 atom stereocenters. The molecule has 0 aliphatic carbocycles. The van der Waals surface area contributed by atoms with Crippen LogP contribution in [0.25, 0.3) is 11.3 Å². The minimum Gasteiger partial charge on any atom is -0.333 e. The van der Waals surface area contributed by atoms with E-state index in [0.29, 0.717) is 30.3 Å². The number of carbonyl (C=O) groups is 1. The number of halogens is 2. The monoisotopic (exact) mass is 559 g/mol. The van der Waals surface area contributed by atoms with Crippen LogP contribution in [0.15, 0.2) is 59.2 Å². The lowest BCUT2D eigenvalue weighted by molar-refractivity contribution is 0.245. The van der Waals surface area contributed by atoms with Crippen molar-refractivity contribution in [2.75, 3.05) is 0 Å². The van der Waals surface area contributed by atoms with Crippen LogP contribution in [0.2, 0.25) is 0 Å². The molecule has 2 amide bonds. The van der Waals surface area contributed by atoms with Crippen LogP contribution in [0.4, 0.5) is 13.6 Å². The predicted molar refractivity (Wildman–Crippen MR) is 141 cm³/mol. The highest BCUT2D eigenvalue weighted by atomic mass is 32.2. The Bertz CT molecular complexity index is 1530. The molecule has 2 N–H and O–H groups in total. The second kappa shape index (κ2) is 11.4. The highest BCUT2D eigenvalue weighted by Crippen LogP contribution is 2.35. The van der Waals surface area contributed by atoms with Gasteiger partial charge in [-0.05, 0) is 54.7 Å². The van der Waals surface area contributed by atoms with Gasteiger partial charge < -0.3 is 9.88 Å². The number of aromatic nitrogens is 3. The number of imidazole rings is 1. The first-order chi connectivity index (χ1) is 18.0. The molecule has 4 aromatic rings. The third-order valence-corrected chi connectivity index (χ3v) is 8.60. The molecule has 0 unspecified atom stereocenters. The van der Waals surface area contributed by atoms with Crippen LogP contribution in [0.1, 0.15) is 35.7 Å². The Labute approximate surface area is 223 Å². The highest BCUT2D eigenvalue weighted by molar-refractivity contribution is 7.92. The van der Waals surface area contributed by atoms with Gasteiger partial charge in [0.2, 0.25) is 0 Å². The Balaban J connectivity index is 1.55. The number of thiophene rings is 1. The lowest BCUT2D eigenvalue weighted by Gasteiger charge is -2.10. The van der Waals surface area contributed by atoms with Gasteiger partial charge in [0.15, 0.2) is 0 Å². The molecule has 38 heavy (non-hydrogen) atoms. The molecule has 3 heterocycles. The van der Waals surface area contributed by atoms with Crippen molar-refractivity contribution in [1.29, 1.82) is 0 Å². The lowest BCUT2D eigenvalue weighted by Crippen LogP contribution is -2.38. The van der Waals surface area contributed by atoms with E-state index >= 15 is 0 Å². The van der Waals surface area contributed by atoms with Crippen LogP contribution < -0.4 is 10.0 Å². The molecule has 12 heteroatoms. The summed E-state index contributed by atoms with van der Waals surface area (Å²) in [6, 6.07) is 7.21. The number of nitrogens with zero attached hydrogens (tertiary/aromatic N) is 3. The second-order valence-corrected chi connectivity index (χ2v) is 12.2. The van der Waals surface area contributed by atoms with Gasteiger partial charge in [-0.25, -0.2) is 31.7 Å². The highest BCUT2D eigenvalue weighted by Gasteiger charge is 2.26. The molecular weight excluding hydrogens is 532 g/mol. The minimum atomic E-state index is -4.27. The van der Waals surface area contributed by atoms with E-state index in [9.17, 15) is 22.0 Å². The van der Waals surface area contributed by atoms with Crippen molar-refractivity contribution in [3.05, 3.63) is 88.5 Å². The summed E-state index contributed by atoms with van der Waals surface area (Å²) < 4.78 is 57.3. The third-order valence-electron chi connectivity index (χ3n) is 5.58. The smallest absolute Gasteiger partial charge is 0.328 e. The third kappa shape index (κ3) is 6.81. The topological polar surface area (TPSA) is 106 Å². The quantitative estimate of drug-likeness (QED) is 0.299. The number of amides is 2. The Morgan fingerprint density at radius 2 is 1.82 bits per heavy atom. The Morgan fingerprint density at radius 1 is 1.08 bits per heavy atom. The summed E-state index contributed by atoms with van der Waals surface area (Å²) in [5, 5.41) is 2.33. The van der Waals surface area contributed by atoms with Crippen molar-refractivity contribution in [2.45, 2.75) is 44.5 Å². The van der Waals surface area contributed by atoms with Gasteiger partial charge in [-0.2, -0.15) is 0 Å². The molecule has 0 saturated carbocycles. The van der Waals surface area contributed by atoms with Crippen LogP contribution in [0.3, 0.4) is 0 Å². The van der Waals surface area contributed by atoms with E-state index in [1.165, 1.54) is 0 Å². The van der Waals surface area contributed by atoms with Crippen molar-refractivity contribution in [3.63, 3.8) is 0 Å². The first-order valence-electron chi connectivity index (χ1n) is 11.8. The van der Waals surface area contributed by atoms with Gasteiger partial charge in [-0.3, -0.25) is 4.98 Å². The number of urea groups is 1. The van der Waals surface area contributed by atoms with E-state index in [-0.39, 0.29) is 22.2 Å². The van der Waals surface area contributed by atoms with Crippen LogP contribution in [-0.2, 0) is 29.5 Å². The summed E-state index contributed by atoms with van der Waals surface area (Å²) in [5.41, 5.74) is 1.92. The standard InChI is InChI=1S/C26H27F2N5O3S2/c1-16(2)8-22-12-23(24-5-4-18(13-30-24)15-33-7-6-29-17(33)3)25(37-22)38(35,36)32-26(34)31-14-19-9-20(27)11-21(28)10-19/h4-7,9-13,16H,8,14-15H2,1-3H3,(H2,31,32,34). The Hall–Kier alpha value is -3.64. The van der Waals surface area contributed by atoms with Gasteiger partial charge in [-0.15, -0.1) is 11.3 Å². The number of hydrogen-bond acceptors (Lipinski definition) is 6. The molecule has 0 bridgehead atoms. The van der Waals surface area contributed by atoms with E-state index in [0.717, 1.165) is 39.7 Å². The molecule has 0 spiro atoms. The molecule has 8 nitrogen and oxygen atoms in total. The number of nitrogens with one attached hydrogen (secondary N) is 2. The number of hydrogen-bond donors (Lipinski definition) is 2. The summed E-state index contributed by atoms with van der Waals surface area (Å²) in [6.07, 6.45) is 5.92. The maximum atomic E-state index is 13.4. The molecule has 4 rings (SSSR count). The zero-order valence-corrected chi connectivity index (χ0v) is 22.7. The van der Waals surface area contributed by atoms with Gasteiger partial charge in [-0.1, -0.05) is 19.9 Å². The van der Waals surface area contributed by atoms with Crippen LogP contribution in [0, 0.1) is 24.5 Å². The van der Waals surface area contributed by atoms with Crippen molar-refractivity contribution in [2.24, 2.45) is 5.92 Å². The molecule has 0 fully saturated rings. The summed E-state index contributed by atoms with van der Waals surface area (Å²) in [7, 11) is -4.27. The number of carbonyl (C=O) groups excluding carboxylic acids is 1. The SMILES string of the molecule is Cc1nccn1Cc1ccc(-c2cc(CC(C)C)sc2S(=O)(=O)NC(=O)NCc2cc(F)cc(F)c2)nc1. The van der Waals surface area contributed by atoms with Crippen molar-refractivity contribution in [3.8, 4) is 11.3 Å². The maximum Gasteiger partial charge on any atom is 0.328 e. The predicted octanol–water partition coefficient (Wildman–Crippen LogP) is 5.03. The van der Waals surface area contributed by atoms with E-state index in [4.69, 9.17) is 0 Å². The molecule has 200 valence electrons. The number of rotatable bonds is 9. The minimum absolute atomic E-state index is 0.0363. The van der Waals surface area contributed by atoms with E-state index in [2.05, 4.69) is 15.3 Å². The molecule has 3 aromatic heterocycles. The molecule has 0 aliphatic rings. The van der Waals surface area contributed by atoms with Crippen LogP contribution in [0.5, 0.6) is 0 Å². The van der Waals surface area contributed by atoms with Gasteiger partial charge in [0.1, 0.15) is 21.7 Å². The van der Waals surface area contributed by atoms with Crippen molar-refractivity contribution in [1.82, 2.24) is 24.6 Å². The molecule has 0 aliphatic heterocycles. The normalized spacial score (nSPS) is 11.6. The van der Waals surface area contributed by atoms with Crippen LogP contribution >= 0.6 is 11.3 Å². The Morgan fingerprint density at radius 3 is 2.42 bits per heavy atom. The average molecular weight is 560 g/mol. The average Bonchev–Trinajstić information content (AvgIpc) is 3.43. The number of aryl methyl sites for hydroxylation is 1. The summed E-state index contributed by atoms with van der Waals surface area (Å²) >= 11 is 1.08. The fourth-order valence-electron chi connectivity index (χ4n) is 3.85.